The van der Waals surface area contributed by atoms with Crippen LogP contribution in [-0.4, -0.2) is 12.0 Å². The van der Waals surface area contributed by atoms with Gasteiger partial charge >= 0.3 is 0 Å². The molecule has 0 unspecified atom stereocenters. The molecule has 0 spiro atoms. The summed E-state index contributed by atoms with van der Waals surface area (Å²) >= 11 is 0. The minimum atomic E-state index is 0.622. The number of rotatable bonds is 2. The first-order valence-electron chi connectivity index (χ1n) is 5.84. The van der Waals surface area contributed by atoms with Crippen LogP contribution in [0.1, 0.15) is 5.56 Å². The fourth-order valence-corrected chi connectivity index (χ4v) is 1.97. The van der Waals surface area contributed by atoms with E-state index in [2.05, 4.69) is 15.3 Å². The Hall–Kier alpha value is -2.36. The summed E-state index contributed by atoms with van der Waals surface area (Å²) in [5.74, 6) is 1.51. The number of aromatic nitrogens is 2. The number of fused-ring (bicyclic) bond motifs is 1. The minimum Gasteiger partial charge on any atom is -0.436 e. The summed E-state index contributed by atoms with van der Waals surface area (Å²) in [7, 11) is 1.86. The van der Waals surface area contributed by atoms with Crippen molar-refractivity contribution in [3.8, 4) is 11.5 Å². The van der Waals surface area contributed by atoms with E-state index < -0.39 is 0 Å². The Morgan fingerprint density at radius 1 is 1.28 bits per heavy atom. The summed E-state index contributed by atoms with van der Waals surface area (Å²) in [5.41, 5.74) is 3.79. The van der Waals surface area contributed by atoms with Gasteiger partial charge in [0.05, 0.1) is 13.2 Å². The molecule has 2 aromatic heterocycles. The molecule has 3 rings (SSSR count). The van der Waals surface area contributed by atoms with Crippen molar-refractivity contribution >= 4 is 16.9 Å². The third-order valence-electron chi connectivity index (χ3n) is 2.88. The molecule has 0 atom stereocenters. The van der Waals surface area contributed by atoms with E-state index in [9.17, 15) is 0 Å². The quantitative estimate of drug-likeness (QED) is 0.749. The zero-order valence-electron chi connectivity index (χ0n) is 10.3. The number of pyridine rings is 1. The first-order chi connectivity index (χ1) is 8.78. The topological polar surface area (TPSA) is 52.2 Å². The van der Waals surface area contributed by atoms with Crippen LogP contribution in [-0.2, 0) is 0 Å². The van der Waals surface area contributed by atoms with E-state index in [1.165, 1.54) is 5.56 Å². The Morgan fingerprint density at radius 2 is 2.17 bits per heavy atom. The lowest BCUT2D eigenvalue weighted by Gasteiger charge is -1.97. The number of nitrogens with one attached hydrogen (secondary N) is 2. The Bertz CT molecular complexity index is 703. The molecule has 4 nitrogen and oxygen atoms in total. The van der Waals surface area contributed by atoms with Gasteiger partial charge < -0.3 is 4.42 Å². The molecule has 0 fully saturated rings. The summed E-state index contributed by atoms with van der Waals surface area (Å²) in [6.07, 6.45) is 1.86. The SMILES string of the molecule is CNc1[nH+]cccc1-c1nc2cc(C)ccc2o1. The molecule has 0 radical (unpaired) electrons. The second-order valence-electron chi connectivity index (χ2n) is 4.20. The number of hydrogen-bond donors (Lipinski definition) is 1. The van der Waals surface area contributed by atoms with Crippen molar-refractivity contribution in [3.05, 3.63) is 42.1 Å². The first kappa shape index (κ1) is 10.8. The Labute approximate surface area is 105 Å². The van der Waals surface area contributed by atoms with Crippen molar-refractivity contribution in [2.75, 3.05) is 12.4 Å². The van der Waals surface area contributed by atoms with Gasteiger partial charge in [0.15, 0.2) is 5.58 Å². The molecule has 0 saturated carbocycles. The Morgan fingerprint density at radius 3 is 3.00 bits per heavy atom. The highest BCUT2D eigenvalue weighted by Crippen LogP contribution is 2.27. The second-order valence-corrected chi connectivity index (χ2v) is 4.20. The van der Waals surface area contributed by atoms with Gasteiger partial charge in [-0.25, -0.2) is 9.97 Å². The molecule has 0 saturated heterocycles. The Kier molecular flexibility index (Phi) is 2.48. The molecule has 3 aromatic rings. The molecule has 0 aliphatic carbocycles. The summed E-state index contributed by atoms with van der Waals surface area (Å²) in [4.78, 5) is 7.66. The van der Waals surface area contributed by atoms with Gasteiger partial charge in [-0.05, 0) is 36.8 Å². The van der Waals surface area contributed by atoms with Gasteiger partial charge in [-0.2, -0.15) is 0 Å². The van der Waals surface area contributed by atoms with Crippen molar-refractivity contribution < 1.29 is 9.40 Å². The summed E-state index contributed by atoms with van der Waals surface area (Å²) in [6, 6.07) is 9.89. The average Bonchev–Trinajstić information content (AvgIpc) is 2.81. The highest BCUT2D eigenvalue weighted by molar-refractivity contribution is 5.78. The van der Waals surface area contributed by atoms with Gasteiger partial charge in [-0.15, -0.1) is 0 Å². The number of aromatic amines is 1. The monoisotopic (exact) mass is 240 g/mol. The maximum absolute atomic E-state index is 5.78. The molecular weight excluding hydrogens is 226 g/mol. The minimum absolute atomic E-state index is 0.622. The summed E-state index contributed by atoms with van der Waals surface area (Å²) in [5, 5.41) is 3.09. The van der Waals surface area contributed by atoms with Crippen LogP contribution < -0.4 is 10.3 Å². The molecule has 4 heteroatoms. The largest absolute Gasteiger partial charge is 0.436 e. The number of oxazole rings is 1. The number of H-pyrrole nitrogens is 1. The molecule has 0 aliphatic rings. The number of nitrogens with zero attached hydrogens (tertiary/aromatic N) is 1. The number of benzene rings is 1. The van der Waals surface area contributed by atoms with Gasteiger partial charge in [0.2, 0.25) is 5.89 Å². The van der Waals surface area contributed by atoms with Crippen molar-refractivity contribution in [1.29, 1.82) is 0 Å². The second kappa shape index (κ2) is 4.14. The van der Waals surface area contributed by atoms with E-state index in [1.54, 1.807) is 0 Å². The van der Waals surface area contributed by atoms with E-state index >= 15 is 0 Å². The standard InChI is InChI=1S/C14H13N3O/c1-9-5-6-12-11(8-9)17-14(18-12)10-4-3-7-16-13(10)15-2/h3-8H,1-2H3,(H,15,16)/p+1. The van der Waals surface area contributed by atoms with Crippen molar-refractivity contribution in [2.45, 2.75) is 6.92 Å². The molecule has 0 bridgehead atoms. The van der Waals surface area contributed by atoms with E-state index in [-0.39, 0.29) is 0 Å². The zero-order valence-corrected chi connectivity index (χ0v) is 10.3. The maximum Gasteiger partial charge on any atom is 0.284 e. The number of aryl methyl sites for hydroxylation is 1. The fourth-order valence-electron chi connectivity index (χ4n) is 1.97. The van der Waals surface area contributed by atoms with Gasteiger partial charge in [-0.1, -0.05) is 6.07 Å². The van der Waals surface area contributed by atoms with Crippen LogP contribution in [0.5, 0.6) is 0 Å². The molecule has 0 amide bonds. The fraction of sp³-hybridized carbons (Fsp3) is 0.143. The third kappa shape index (κ3) is 1.72. The van der Waals surface area contributed by atoms with Crippen LogP contribution >= 0.6 is 0 Å². The van der Waals surface area contributed by atoms with Crippen molar-refractivity contribution in [1.82, 2.24) is 4.98 Å². The molecule has 0 aliphatic heterocycles. The predicted molar refractivity (Wildman–Crippen MR) is 70.3 cm³/mol. The summed E-state index contributed by atoms with van der Waals surface area (Å²) < 4.78 is 5.78. The lowest BCUT2D eigenvalue weighted by atomic mass is 10.2. The molecule has 2 N–H and O–H groups in total. The molecule has 1 aromatic carbocycles. The van der Waals surface area contributed by atoms with E-state index in [4.69, 9.17) is 4.42 Å². The lowest BCUT2D eigenvalue weighted by Crippen LogP contribution is -2.10. The van der Waals surface area contributed by atoms with E-state index in [1.807, 2.05) is 50.5 Å². The predicted octanol–water partition coefficient (Wildman–Crippen LogP) is 2.66. The van der Waals surface area contributed by atoms with E-state index in [0.29, 0.717) is 5.89 Å². The Balaban J connectivity index is 2.19. The highest BCUT2D eigenvalue weighted by atomic mass is 16.3. The van der Waals surface area contributed by atoms with E-state index in [0.717, 1.165) is 22.5 Å². The number of hydrogen-bond acceptors (Lipinski definition) is 3. The molecule has 90 valence electrons. The van der Waals surface area contributed by atoms with Crippen LogP contribution in [0.15, 0.2) is 40.9 Å². The maximum atomic E-state index is 5.78. The van der Waals surface area contributed by atoms with Gasteiger partial charge in [0, 0.05) is 0 Å². The van der Waals surface area contributed by atoms with Crippen LogP contribution in [0.25, 0.3) is 22.6 Å². The first-order valence-corrected chi connectivity index (χ1v) is 5.84. The van der Waals surface area contributed by atoms with Gasteiger partial charge in [0.1, 0.15) is 11.1 Å². The highest BCUT2D eigenvalue weighted by Gasteiger charge is 2.15. The smallest absolute Gasteiger partial charge is 0.284 e. The van der Waals surface area contributed by atoms with Crippen molar-refractivity contribution in [2.24, 2.45) is 0 Å². The normalized spacial score (nSPS) is 10.8. The third-order valence-corrected chi connectivity index (χ3v) is 2.88. The van der Waals surface area contributed by atoms with Gasteiger partial charge in [0.25, 0.3) is 5.82 Å². The van der Waals surface area contributed by atoms with Crippen LogP contribution in [0, 0.1) is 6.92 Å². The van der Waals surface area contributed by atoms with Gasteiger partial charge in [-0.3, -0.25) is 5.32 Å². The number of anilines is 1. The average molecular weight is 240 g/mol. The molecule has 18 heavy (non-hydrogen) atoms. The van der Waals surface area contributed by atoms with Crippen LogP contribution in [0.3, 0.4) is 0 Å². The zero-order chi connectivity index (χ0) is 12.5. The van der Waals surface area contributed by atoms with Crippen LogP contribution in [0.2, 0.25) is 0 Å². The van der Waals surface area contributed by atoms with Crippen LogP contribution in [0.4, 0.5) is 5.82 Å². The molecule has 2 heterocycles. The lowest BCUT2D eigenvalue weighted by molar-refractivity contribution is -0.360. The molecular formula is C14H14N3O+. The van der Waals surface area contributed by atoms with Crippen molar-refractivity contribution in [3.63, 3.8) is 0 Å². The summed E-state index contributed by atoms with van der Waals surface area (Å²) in [6.45, 7) is 2.04.